The van der Waals surface area contributed by atoms with Gasteiger partial charge in [0.15, 0.2) is 0 Å². The number of nitrogens with zero attached hydrogens (tertiary/aromatic N) is 1. The smallest absolute Gasteiger partial charge is 0.110 e. The van der Waals surface area contributed by atoms with Crippen LogP contribution in [-0.2, 0) is 6.42 Å². The van der Waals surface area contributed by atoms with Crippen molar-refractivity contribution in [3.05, 3.63) is 46.4 Å². The van der Waals surface area contributed by atoms with Crippen LogP contribution in [0.15, 0.2) is 35.8 Å². The van der Waals surface area contributed by atoms with Gasteiger partial charge in [-0.25, -0.2) is 4.98 Å². The van der Waals surface area contributed by atoms with Gasteiger partial charge in [0.05, 0.1) is 6.04 Å². The van der Waals surface area contributed by atoms with Gasteiger partial charge >= 0.3 is 0 Å². The summed E-state index contributed by atoms with van der Waals surface area (Å²) in [7, 11) is 1.95. The van der Waals surface area contributed by atoms with Crippen LogP contribution in [0, 0.1) is 0 Å². The molecule has 0 fully saturated rings. The fourth-order valence-corrected chi connectivity index (χ4v) is 2.41. The zero-order valence-corrected chi connectivity index (χ0v) is 10.00. The molecule has 0 aliphatic rings. The molecule has 0 bridgehead atoms. The van der Waals surface area contributed by atoms with Crippen LogP contribution in [-0.4, -0.2) is 12.0 Å². The van der Waals surface area contributed by atoms with Crippen molar-refractivity contribution in [3.8, 4) is 0 Å². The fraction of sp³-hybridized carbons (Fsp3) is 0.250. The van der Waals surface area contributed by atoms with Crippen molar-refractivity contribution in [2.45, 2.75) is 12.5 Å². The van der Waals surface area contributed by atoms with E-state index in [1.165, 1.54) is 0 Å². The van der Waals surface area contributed by atoms with Crippen molar-refractivity contribution in [3.63, 3.8) is 0 Å². The molecule has 1 heterocycles. The summed E-state index contributed by atoms with van der Waals surface area (Å²) in [6.07, 6.45) is 2.70. The van der Waals surface area contributed by atoms with Crippen molar-refractivity contribution >= 4 is 17.0 Å². The summed E-state index contributed by atoms with van der Waals surface area (Å²) in [5, 5.41) is 6.37. The van der Waals surface area contributed by atoms with E-state index in [0.29, 0.717) is 0 Å². The molecule has 0 saturated carbocycles. The van der Waals surface area contributed by atoms with Gasteiger partial charge in [-0.1, -0.05) is 18.2 Å². The number of benzene rings is 1. The number of anilines is 1. The largest absolute Gasteiger partial charge is 0.399 e. The molecule has 0 spiro atoms. The minimum Gasteiger partial charge on any atom is -0.399 e. The number of nitrogens with two attached hydrogens (primary N) is 1. The topological polar surface area (TPSA) is 50.9 Å². The highest BCUT2D eigenvalue weighted by Gasteiger charge is 2.13. The zero-order chi connectivity index (χ0) is 11.4. The fourth-order valence-electron chi connectivity index (χ4n) is 1.66. The molecular weight excluding hydrogens is 218 g/mol. The normalized spacial score (nSPS) is 12.6. The third kappa shape index (κ3) is 2.40. The summed E-state index contributed by atoms with van der Waals surface area (Å²) in [6, 6.07) is 8.21. The molecule has 1 unspecified atom stereocenters. The number of nitrogen functional groups attached to an aromatic ring is 1. The number of hydrogen-bond donors (Lipinski definition) is 2. The molecule has 2 aromatic rings. The van der Waals surface area contributed by atoms with Gasteiger partial charge in [0, 0.05) is 17.3 Å². The molecular formula is C12H15N3S. The monoisotopic (exact) mass is 233 g/mol. The first kappa shape index (κ1) is 11.1. The molecule has 0 amide bonds. The lowest BCUT2D eigenvalue weighted by Crippen LogP contribution is -2.19. The van der Waals surface area contributed by atoms with E-state index in [4.69, 9.17) is 5.73 Å². The van der Waals surface area contributed by atoms with E-state index in [1.54, 1.807) is 11.3 Å². The second-order valence-corrected chi connectivity index (χ2v) is 4.54. The maximum Gasteiger partial charge on any atom is 0.110 e. The van der Waals surface area contributed by atoms with Crippen LogP contribution >= 0.6 is 11.3 Å². The van der Waals surface area contributed by atoms with Gasteiger partial charge in [-0.3, -0.25) is 0 Å². The van der Waals surface area contributed by atoms with Gasteiger partial charge in [0.25, 0.3) is 0 Å². The Kier molecular flexibility index (Phi) is 3.54. The first-order valence-electron chi connectivity index (χ1n) is 5.21. The van der Waals surface area contributed by atoms with Gasteiger partial charge in [0.2, 0.25) is 0 Å². The number of likely N-dealkylation sites (N-methyl/N-ethyl adjacent to an activating group) is 1. The maximum atomic E-state index is 5.93. The van der Waals surface area contributed by atoms with Gasteiger partial charge < -0.3 is 11.1 Å². The molecule has 2 rings (SSSR count). The molecule has 1 aromatic carbocycles. The molecule has 0 saturated heterocycles. The molecule has 1 aromatic heterocycles. The Bertz CT molecular complexity index is 439. The number of aromatic nitrogens is 1. The van der Waals surface area contributed by atoms with Crippen molar-refractivity contribution in [2.75, 3.05) is 12.8 Å². The predicted octanol–water partition coefficient (Wildman–Crippen LogP) is 2.23. The van der Waals surface area contributed by atoms with E-state index in [1.807, 2.05) is 36.8 Å². The number of hydrogen-bond acceptors (Lipinski definition) is 4. The van der Waals surface area contributed by atoms with Crippen molar-refractivity contribution in [2.24, 2.45) is 0 Å². The van der Waals surface area contributed by atoms with Crippen LogP contribution in [0.3, 0.4) is 0 Å². The summed E-state index contributed by atoms with van der Waals surface area (Å²) < 4.78 is 0. The minimum atomic E-state index is 0.240. The lowest BCUT2D eigenvalue weighted by atomic mass is 10.0. The second-order valence-electron chi connectivity index (χ2n) is 3.61. The highest BCUT2D eigenvalue weighted by molar-refractivity contribution is 7.09. The average Bonchev–Trinajstić information content (AvgIpc) is 2.81. The Morgan fingerprint density at radius 3 is 2.88 bits per heavy atom. The molecule has 3 N–H and O–H groups in total. The SMILES string of the molecule is CNC(Cc1ccccc1N)c1nccs1. The molecule has 84 valence electrons. The van der Waals surface area contributed by atoms with Crippen molar-refractivity contribution < 1.29 is 0 Å². The summed E-state index contributed by atoms with van der Waals surface area (Å²) in [5.74, 6) is 0. The Hall–Kier alpha value is -1.39. The van der Waals surface area contributed by atoms with Crippen LogP contribution < -0.4 is 11.1 Å². The van der Waals surface area contributed by atoms with Gasteiger partial charge in [-0.15, -0.1) is 11.3 Å². The van der Waals surface area contributed by atoms with Gasteiger partial charge in [-0.05, 0) is 25.1 Å². The number of para-hydroxylation sites is 1. The first-order valence-corrected chi connectivity index (χ1v) is 6.09. The molecule has 16 heavy (non-hydrogen) atoms. The van der Waals surface area contributed by atoms with Crippen LogP contribution in [0.4, 0.5) is 5.69 Å². The predicted molar refractivity (Wildman–Crippen MR) is 68.5 cm³/mol. The number of thiazole rings is 1. The third-order valence-electron chi connectivity index (χ3n) is 2.58. The van der Waals surface area contributed by atoms with E-state index in [9.17, 15) is 0 Å². The Labute approximate surface area is 99.3 Å². The number of nitrogens with one attached hydrogen (secondary N) is 1. The van der Waals surface area contributed by atoms with Gasteiger partial charge in [-0.2, -0.15) is 0 Å². The van der Waals surface area contributed by atoms with E-state index in [0.717, 1.165) is 22.7 Å². The lowest BCUT2D eigenvalue weighted by Gasteiger charge is -2.14. The van der Waals surface area contributed by atoms with Crippen LogP contribution in [0.25, 0.3) is 0 Å². The van der Waals surface area contributed by atoms with Crippen LogP contribution in [0.2, 0.25) is 0 Å². The first-order chi connectivity index (χ1) is 7.81. The Morgan fingerprint density at radius 2 is 2.25 bits per heavy atom. The summed E-state index contributed by atoms with van der Waals surface area (Å²) in [4.78, 5) is 4.33. The van der Waals surface area contributed by atoms with E-state index in [-0.39, 0.29) is 6.04 Å². The third-order valence-corrected chi connectivity index (χ3v) is 3.47. The van der Waals surface area contributed by atoms with E-state index < -0.39 is 0 Å². The van der Waals surface area contributed by atoms with Crippen LogP contribution in [0.1, 0.15) is 16.6 Å². The highest BCUT2D eigenvalue weighted by Crippen LogP contribution is 2.22. The highest BCUT2D eigenvalue weighted by atomic mass is 32.1. The van der Waals surface area contributed by atoms with E-state index in [2.05, 4.69) is 16.4 Å². The Balaban J connectivity index is 2.17. The summed E-state index contributed by atoms with van der Waals surface area (Å²) >= 11 is 1.67. The zero-order valence-electron chi connectivity index (χ0n) is 9.18. The Morgan fingerprint density at radius 1 is 1.44 bits per heavy atom. The second kappa shape index (κ2) is 5.09. The molecule has 1 atom stereocenters. The lowest BCUT2D eigenvalue weighted by molar-refractivity contribution is 0.589. The molecule has 3 nitrogen and oxygen atoms in total. The molecule has 0 aliphatic heterocycles. The minimum absolute atomic E-state index is 0.240. The standard InChI is InChI=1S/C12H15N3S/c1-14-11(12-15-6-7-16-12)8-9-4-2-3-5-10(9)13/h2-7,11,14H,8,13H2,1H3. The van der Waals surface area contributed by atoms with E-state index >= 15 is 0 Å². The van der Waals surface area contributed by atoms with Crippen molar-refractivity contribution in [1.29, 1.82) is 0 Å². The van der Waals surface area contributed by atoms with Gasteiger partial charge in [0.1, 0.15) is 5.01 Å². The average molecular weight is 233 g/mol. The molecule has 4 heteroatoms. The summed E-state index contributed by atoms with van der Waals surface area (Å²) in [5.41, 5.74) is 7.94. The molecule has 0 radical (unpaired) electrons. The maximum absolute atomic E-state index is 5.93. The van der Waals surface area contributed by atoms with Crippen LogP contribution in [0.5, 0.6) is 0 Å². The summed E-state index contributed by atoms with van der Waals surface area (Å²) in [6.45, 7) is 0. The van der Waals surface area contributed by atoms with Crippen molar-refractivity contribution in [1.82, 2.24) is 10.3 Å². The number of rotatable bonds is 4. The quantitative estimate of drug-likeness (QED) is 0.796. The molecule has 0 aliphatic carbocycles.